The van der Waals surface area contributed by atoms with Crippen molar-refractivity contribution in [1.82, 2.24) is 0 Å². The van der Waals surface area contributed by atoms with E-state index in [-0.39, 0.29) is 24.7 Å². The van der Waals surface area contributed by atoms with Crippen LogP contribution in [0.4, 0.5) is 5.69 Å². The Morgan fingerprint density at radius 1 is 1.00 bits per heavy atom. The van der Waals surface area contributed by atoms with Crippen molar-refractivity contribution in [3.8, 4) is 17.2 Å². The second-order valence-corrected chi connectivity index (χ2v) is 8.79. The number of esters is 1. The van der Waals surface area contributed by atoms with Crippen LogP contribution < -0.4 is 10.1 Å². The maximum absolute atomic E-state index is 12.4. The summed E-state index contributed by atoms with van der Waals surface area (Å²) in [5.41, 5.74) is 5.80. The fourth-order valence-corrected chi connectivity index (χ4v) is 4.56. The summed E-state index contributed by atoms with van der Waals surface area (Å²) in [5.74, 6) is 0.804. The number of aryl methyl sites for hydroxylation is 3. The molecule has 0 radical (unpaired) electrons. The van der Waals surface area contributed by atoms with Crippen molar-refractivity contribution >= 4 is 17.6 Å². The predicted molar refractivity (Wildman–Crippen MR) is 135 cm³/mol. The highest BCUT2D eigenvalue weighted by Gasteiger charge is 2.24. The molecule has 1 aliphatic rings. The van der Waals surface area contributed by atoms with E-state index in [1.54, 1.807) is 19.1 Å². The smallest absolute Gasteiger partial charge is 0.315 e. The minimum Gasteiger partial charge on any atom is -0.508 e. The maximum atomic E-state index is 12.4. The molecule has 1 amide bonds. The zero-order valence-electron chi connectivity index (χ0n) is 20.2. The Balaban J connectivity index is 1.52. The third-order valence-corrected chi connectivity index (χ3v) is 6.22. The van der Waals surface area contributed by atoms with Gasteiger partial charge < -0.3 is 19.9 Å². The summed E-state index contributed by atoms with van der Waals surface area (Å²) in [7, 11) is 0. The largest absolute Gasteiger partial charge is 0.508 e. The average Bonchev–Trinajstić information content (AvgIpc) is 3.33. The lowest BCUT2D eigenvalue weighted by atomic mass is 10.0. The van der Waals surface area contributed by atoms with E-state index in [1.165, 1.54) is 5.56 Å². The molecule has 0 heterocycles. The molecule has 0 aliphatic heterocycles. The second-order valence-electron chi connectivity index (χ2n) is 8.79. The predicted octanol–water partition coefficient (Wildman–Crippen LogP) is 5.66. The van der Waals surface area contributed by atoms with Crippen LogP contribution in [0.15, 0.2) is 54.6 Å². The number of aromatic hydroxyl groups is 1. The first-order valence-electron chi connectivity index (χ1n) is 12.1. The first kappa shape index (κ1) is 24.3. The molecule has 3 aromatic carbocycles. The van der Waals surface area contributed by atoms with E-state index in [4.69, 9.17) is 9.47 Å². The fraction of sp³-hybridized carbons (Fsp3) is 0.310. The van der Waals surface area contributed by atoms with Crippen molar-refractivity contribution < 1.29 is 24.2 Å². The lowest BCUT2D eigenvalue weighted by Crippen LogP contribution is -2.19. The molecule has 0 bridgehead atoms. The highest BCUT2D eigenvalue weighted by Crippen LogP contribution is 2.41. The molecule has 3 aromatic rings. The molecule has 0 aromatic heterocycles. The van der Waals surface area contributed by atoms with E-state index in [1.807, 2.05) is 37.3 Å². The summed E-state index contributed by atoms with van der Waals surface area (Å²) in [6, 6.07) is 17.4. The van der Waals surface area contributed by atoms with E-state index < -0.39 is 5.97 Å². The number of benzene rings is 3. The highest BCUT2D eigenvalue weighted by atomic mass is 16.5. The van der Waals surface area contributed by atoms with Crippen LogP contribution in [0.1, 0.15) is 47.6 Å². The quantitative estimate of drug-likeness (QED) is 0.309. The summed E-state index contributed by atoms with van der Waals surface area (Å²) in [5, 5.41) is 13.3. The zero-order valence-corrected chi connectivity index (χ0v) is 20.2. The molecular weight excluding hydrogens is 442 g/mol. The van der Waals surface area contributed by atoms with Gasteiger partial charge in [-0.05, 0) is 92.5 Å². The van der Waals surface area contributed by atoms with E-state index in [2.05, 4.69) is 17.4 Å². The Morgan fingerprint density at radius 3 is 2.54 bits per heavy atom. The number of ether oxygens (including phenoxy) is 2. The molecule has 0 atom stereocenters. The van der Waals surface area contributed by atoms with Gasteiger partial charge in [-0.25, -0.2) is 0 Å². The Morgan fingerprint density at radius 2 is 1.77 bits per heavy atom. The van der Waals surface area contributed by atoms with Crippen LogP contribution in [0.25, 0.3) is 0 Å². The molecule has 0 spiro atoms. The van der Waals surface area contributed by atoms with Crippen LogP contribution >= 0.6 is 0 Å². The summed E-state index contributed by atoms with van der Waals surface area (Å²) in [6.07, 6.45) is 3.87. The van der Waals surface area contributed by atoms with Gasteiger partial charge in [-0.15, -0.1) is 0 Å². The number of carbonyl (C=O) groups is 2. The van der Waals surface area contributed by atoms with Crippen LogP contribution in [0, 0.1) is 6.92 Å². The molecule has 2 N–H and O–H groups in total. The number of hydrogen-bond acceptors (Lipinski definition) is 5. The van der Waals surface area contributed by atoms with Crippen molar-refractivity contribution in [1.29, 1.82) is 0 Å². The van der Waals surface area contributed by atoms with Crippen molar-refractivity contribution in [2.45, 2.75) is 52.4 Å². The van der Waals surface area contributed by atoms with Crippen LogP contribution in [-0.2, 0) is 40.0 Å². The number of rotatable bonds is 9. The molecule has 6 nitrogen and oxygen atoms in total. The molecule has 0 saturated carbocycles. The minimum absolute atomic E-state index is 0.248. The summed E-state index contributed by atoms with van der Waals surface area (Å²) in [4.78, 5) is 24.0. The van der Waals surface area contributed by atoms with Gasteiger partial charge in [0.05, 0.1) is 6.61 Å². The summed E-state index contributed by atoms with van der Waals surface area (Å²) in [6.45, 7) is 3.91. The monoisotopic (exact) mass is 473 g/mol. The fourth-order valence-electron chi connectivity index (χ4n) is 4.56. The van der Waals surface area contributed by atoms with E-state index in [0.717, 1.165) is 59.4 Å². The number of fused-ring (bicyclic) bond motifs is 1. The van der Waals surface area contributed by atoms with Gasteiger partial charge in [0.25, 0.3) is 0 Å². The molecule has 0 unspecified atom stereocenters. The van der Waals surface area contributed by atoms with Crippen molar-refractivity contribution in [3.63, 3.8) is 0 Å². The van der Waals surface area contributed by atoms with Crippen LogP contribution in [0.3, 0.4) is 0 Å². The number of carbonyl (C=O) groups excluding carboxylic acids is 2. The number of anilines is 1. The Hall–Kier alpha value is -3.80. The SMILES string of the molecule is CCOC(=O)CC(=O)Nc1cc(C)c(Oc2ccc(O)c(CCc3ccccc3)c2)c2c1CCC2. The van der Waals surface area contributed by atoms with Gasteiger partial charge in [0.1, 0.15) is 23.7 Å². The molecule has 1 aliphatic carbocycles. The summed E-state index contributed by atoms with van der Waals surface area (Å²) < 4.78 is 11.2. The normalized spacial score (nSPS) is 12.2. The van der Waals surface area contributed by atoms with E-state index in [0.29, 0.717) is 12.2 Å². The third kappa shape index (κ3) is 6.01. The number of phenols is 1. The van der Waals surface area contributed by atoms with Crippen molar-refractivity contribution in [3.05, 3.63) is 82.4 Å². The minimum atomic E-state index is -0.534. The Bertz CT molecular complexity index is 1220. The third-order valence-electron chi connectivity index (χ3n) is 6.22. The Kier molecular flexibility index (Phi) is 7.70. The average molecular weight is 474 g/mol. The number of nitrogens with one attached hydrogen (secondary N) is 1. The standard InChI is InChI=1S/C29H31NO5/c1-3-34-28(33)18-27(32)30-25-16-19(2)29(24-11-7-10-23(24)25)35-22-14-15-26(31)21(17-22)13-12-20-8-5-4-6-9-20/h4-6,8-9,14-17,31H,3,7,10-13,18H2,1-2H3,(H,30,32). The van der Waals surface area contributed by atoms with E-state index in [9.17, 15) is 14.7 Å². The second kappa shape index (κ2) is 11.1. The van der Waals surface area contributed by atoms with Crippen molar-refractivity contribution in [2.24, 2.45) is 0 Å². The summed E-state index contributed by atoms with van der Waals surface area (Å²) >= 11 is 0. The number of amides is 1. The zero-order chi connectivity index (χ0) is 24.8. The lowest BCUT2D eigenvalue weighted by molar-refractivity contribution is -0.145. The van der Waals surface area contributed by atoms with Gasteiger partial charge in [-0.1, -0.05) is 30.3 Å². The molecule has 4 rings (SSSR count). The molecule has 6 heteroatoms. The van der Waals surface area contributed by atoms with E-state index >= 15 is 0 Å². The van der Waals surface area contributed by atoms with Crippen molar-refractivity contribution in [2.75, 3.05) is 11.9 Å². The van der Waals surface area contributed by atoms with Gasteiger partial charge >= 0.3 is 5.97 Å². The number of hydrogen-bond donors (Lipinski definition) is 2. The molecule has 0 saturated heterocycles. The Labute approximate surface area is 205 Å². The maximum Gasteiger partial charge on any atom is 0.315 e. The van der Waals surface area contributed by atoms with Gasteiger partial charge in [0, 0.05) is 11.3 Å². The highest BCUT2D eigenvalue weighted by molar-refractivity contribution is 6.02. The van der Waals surface area contributed by atoms with Gasteiger partial charge in [-0.3, -0.25) is 9.59 Å². The number of phenolic OH excluding ortho intramolecular Hbond substituents is 1. The molecule has 0 fully saturated rings. The lowest BCUT2D eigenvalue weighted by Gasteiger charge is -2.18. The first-order chi connectivity index (χ1) is 16.9. The first-order valence-corrected chi connectivity index (χ1v) is 12.1. The van der Waals surface area contributed by atoms with Crippen LogP contribution in [0.2, 0.25) is 0 Å². The topological polar surface area (TPSA) is 84.9 Å². The van der Waals surface area contributed by atoms with Gasteiger partial charge in [-0.2, -0.15) is 0 Å². The van der Waals surface area contributed by atoms with Crippen LogP contribution in [-0.4, -0.2) is 23.6 Å². The molecule has 182 valence electrons. The van der Waals surface area contributed by atoms with Gasteiger partial charge in [0.2, 0.25) is 5.91 Å². The van der Waals surface area contributed by atoms with Gasteiger partial charge in [0.15, 0.2) is 0 Å². The molecule has 35 heavy (non-hydrogen) atoms. The molecular formula is C29H31NO5. The van der Waals surface area contributed by atoms with Crippen LogP contribution in [0.5, 0.6) is 17.2 Å².